The molecule has 21 heavy (non-hydrogen) atoms. The summed E-state index contributed by atoms with van der Waals surface area (Å²) in [6.07, 6.45) is -4.71. The lowest BCUT2D eigenvalue weighted by Crippen LogP contribution is -2.41. The molecule has 0 radical (unpaired) electrons. The molecule has 1 fully saturated rings. The number of halogens is 3. The first kappa shape index (κ1) is 17.7. The van der Waals surface area contributed by atoms with Crippen molar-refractivity contribution in [1.29, 1.82) is 0 Å². The quantitative estimate of drug-likeness (QED) is 0.711. The minimum Gasteiger partial charge on any atom is -0.395 e. The average Bonchev–Trinajstić information content (AvgIpc) is 2.73. The van der Waals surface area contributed by atoms with E-state index in [-0.39, 0.29) is 39.3 Å². The summed E-state index contributed by atoms with van der Waals surface area (Å²) in [5.41, 5.74) is 0. The largest absolute Gasteiger partial charge is 0.406 e. The van der Waals surface area contributed by atoms with E-state index >= 15 is 0 Å². The predicted molar refractivity (Wildman–Crippen MR) is 66.3 cm³/mol. The van der Waals surface area contributed by atoms with Crippen LogP contribution in [-0.2, 0) is 14.3 Å². The Balaban J connectivity index is 2.63. The molecule has 0 spiro atoms. The zero-order valence-corrected chi connectivity index (χ0v) is 11.7. The maximum absolute atomic E-state index is 12.3. The number of methoxy groups -OCH3 is 1. The van der Waals surface area contributed by atoms with Crippen molar-refractivity contribution in [3.05, 3.63) is 0 Å². The summed E-state index contributed by atoms with van der Waals surface area (Å²) in [6, 6.07) is 0. The van der Waals surface area contributed by atoms with Crippen molar-refractivity contribution in [1.82, 2.24) is 9.80 Å². The minimum atomic E-state index is -4.48. The van der Waals surface area contributed by atoms with Crippen molar-refractivity contribution in [3.63, 3.8) is 0 Å². The second-order valence-corrected chi connectivity index (χ2v) is 4.83. The first-order chi connectivity index (χ1) is 9.78. The molecule has 1 unspecified atom stereocenters. The van der Waals surface area contributed by atoms with Gasteiger partial charge in [-0.1, -0.05) is 0 Å². The zero-order valence-electron chi connectivity index (χ0n) is 11.7. The Morgan fingerprint density at radius 1 is 1.48 bits per heavy atom. The van der Waals surface area contributed by atoms with E-state index in [9.17, 15) is 22.8 Å². The van der Waals surface area contributed by atoms with E-state index in [0.717, 1.165) is 0 Å². The van der Waals surface area contributed by atoms with Crippen molar-refractivity contribution in [2.75, 3.05) is 46.5 Å². The molecule has 1 aliphatic rings. The molecule has 0 aliphatic carbocycles. The number of alkyl halides is 3. The number of ether oxygens (including phenoxy) is 1. The van der Waals surface area contributed by atoms with E-state index in [0.29, 0.717) is 4.90 Å². The van der Waals surface area contributed by atoms with Crippen molar-refractivity contribution in [2.24, 2.45) is 5.92 Å². The highest BCUT2D eigenvalue weighted by Crippen LogP contribution is 2.25. The van der Waals surface area contributed by atoms with Gasteiger partial charge in [-0.2, -0.15) is 13.2 Å². The normalized spacial score (nSPS) is 19.2. The van der Waals surface area contributed by atoms with Gasteiger partial charge in [0.2, 0.25) is 11.8 Å². The van der Waals surface area contributed by atoms with E-state index in [1.54, 1.807) is 0 Å². The number of carbonyl (C=O) groups is 2. The molecule has 9 heteroatoms. The number of rotatable bonds is 7. The van der Waals surface area contributed by atoms with Crippen LogP contribution in [0.25, 0.3) is 0 Å². The summed E-state index contributed by atoms with van der Waals surface area (Å²) in [5, 5.41) is 8.92. The number of hydrogen-bond acceptors (Lipinski definition) is 4. The number of aliphatic hydroxyl groups excluding tert-OH is 1. The van der Waals surface area contributed by atoms with Crippen molar-refractivity contribution >= 4 is 11.8 Å². The van der Waals surface area contributed by atoms with Crippen LogP contribution in [0.4, 0.5) is 13.2 Å². The van der Waals surface area contributed by atoms with Gasteiger partial charge in [0.05, 0.1) is 19.1 Å². The molecule has 122 valence electrons. The molecule has 0 aromatic rings. The Morgan fingerprint density at radius 3 is 2.67 bits per heavy atom. The maximum Gasteiger partial charge on any atom is 0.406 e. The van der Waals surface area contributed by atoms with Gasteiger partial charge in [-0.15, -0.1) is 0 Å². The second-order valence-electron chi connectivity index (χ2n) is 4.83. The van der Waals surface area contributed by atoms with Gasteiger partial charge >= 0.3 is 6.18 Å². The topological polar surface area (TPSA) is 70.1 Å². The zero-order chi connectivity index (χ0) is 16.0. The molecule has 1 aliphatic heterocycles. The molecule has 6 nitrogen and oxygen atoms in total. The highest BCUT2D eigenvalue weighted by Gasteiger charge is 2.41. The summed E-state index contributed by atoms with van der Waals surface area (Å²) < 4.78 is 41.8. The summed E-state index contributed by atoms with van der Waals surface area (Å²) in [7, 11) is 1.45. The third kappa shape index (κ3) is 5.50. The summed E-state index contributed by atoms with van der Waals surface area (Å²) >= 11 is 0. The molecular formula is C12H19F3N2O4. The molecular weight excluding hydrogens is 293 g/mol. The molecule has 0 aromatic heterocycles. The van der Waals surface area contributed by atoms with Crippen LogP contribution in [0.3, 0.4) is 0 Å². The molecule has 0 saturated carbocycles. The van der Waals surface area contributed by atoms with Gasteiger partial charge in [0, 0.05) is 33.2 Å². The van der Waals surface area contributed by atoms with Crippen LogP contribution in [0.5, 0.6) is 0 Å². The van der Waals surface area contributed by atoms with Crippen LogP contribution in [0.2, 0.25) is 0 Å². The summed E-state index contributed by atoms with van der Waals surface area (Å²) in [6.45, 7) is -1.31. The lowest BCUT2D eigenvalue weighted by molar-refractivity contribution is -0.157. The molecule has 2 amide bonds. The predicted octanol–water partition coefficient (Wildman–Crippen LogP) is -0.135. The molecule has 1 heterocycles. The standard InChI is InChI=1S/C12H19F3N2O4/c1-21-5-3-16(2-4-18)11(20)9-6-10(19)17(7-9)8-12(13,14)15/h9,18H,2-8H2,1H3. The van der Waals surface area contributed by atoms with Gasteiger partial charge in [0.25, 0.3) is 0 Å². The van der Waals surface area contributed by atoms with Crippen LogP contribution in [0, 0.1) is 5.92 Å². The Bertz CT molecular complexity index is 376. The van der Waals surface area contributed by atoms with E-state index in [1.807, 2.05) is 0 Å². The van der Waals surface area contributed by atoms with Crippen molar-refractivity contribution in [3.8, 4) is 0 Å². The third-order valence-corrected chi connectivity index (χ3v) is 3.18. The van der Waals surface area contributed by atoms with Crippen LogP contribution >= 0.6 is 0 Å². The Morgan fingerprint density at radius 2 is 2.14 bits per heavy atom. The average molecular weight is 312 g/mol. The smallest absolute Gasteiger partial charge is 0.395 e. The van der Waals surface area contributed by atoms with Crippen LogP contribution in [0.1, 0.15) is 6.42 Å². The third-order valence-electron chi connectivity index (χ3n) is 3.18. The fraction of sp³-hybridized carbons (Fsp3) is 0.833. The first-order valence-electron chi connectivity index (χ1n) is 6.51. The monoisotopic (exact) mass is 312 g/mol. The van der Waals surface area contributed by atoms with Gasteiger partial charge in [0.1, 0.15) is 6.54 Å². The summed E-state index contributed by atoms with van der Waals surface area (Å²) in [4.78, 5) is 25.7. The van der Waals surface area contributed by atoms with E-state index in [4.69, 9.17) is 9.84 Å². The highest BCUT2D eigenvalue weighted by molar-refractivity contribution is 5.89. The number of carbonyl (C=O) groups excluding carboxylic acids is 2. The number of nitrogens with zero attached hydrogens (tertiary/aromatic N) is 2. The summed E-state index contributed by atoms with van der Waals surface area (Å²) in [5.74, 6) is -1.91. The number of amides is 2. The first-order valence-corrected chi connectivity index (χ1v) is 6.51. The molecule has 1 N–H and O–H groups in total. The van der Waals surface area contributed by atoms with Crippen LogP contribution < -0.4 is 0 Å². The maximum atomic E-state index is 12.3. The molecule has 1 saturated heterocycles. The molecule has 1 atom stereocenters. The molecule has 0 bridgehead atoms. The Labute approximate surface area is 120 Å². The number of likely N-dealkylation sites (tertiary alicyclic amines) is 1. The van der Waals surface area contributed by atoms with Crippen molar-refractivity contribution < 1.29 is 32.6 Å². The van der Waals surface area contributed by atoms with Crippen molar-refractivity contribution in [2.45, 2.75) is 12.6 Å². The van der Waals surface area contributed by atoms with Gasteiger partial charge in [0.15, 0.2) is 0 Å². The fourth-order valence-electron chi connectivity index (χ4n) is 2.22. The van der Waals surface area contributed by atoms with E-state index in [1.165, 1.54) is 12.0 Å². The molecule has 0 aromatic carbocycles. The Hall–Kier alpha value is -1.35. The lowest BCUT2D eigenvalue weighted by atomic mass is 10.1. The fourth-order valence-corrected chi connectivity index (χ4v) is 2.22. The highest BCUT2D eigenvalue weighted by atomic mass is 19.4. The van der Waals surface area contributed by atoms with E-state index < -0.39 is 30.5 Å². The second kappa shape index (κ2) is 7.60. The van der Waals surface area contributed by atoms with Crippen LogP contribution in [0.15, 0.2) is 0 Å². The minimum absolute atomic E-state index is 0.0617. The van der Waals surface area contributed by atoms with Gasteiger partial charge in [-0.3, -0.25) is 9.59 Å². The Kier molecular flexibility index (Phi) is 6.41. The number of hydrogen-bond donors (Lipinski definition) is 1. The van der Waals surface area contributed by atoms with Gasteiger partial charge < -0.3 is 19.6 Å². The van der Waals surface area contributed by atoms with E-state index in [2.05, 4.69) is 0 Å². The van der Waals surface area contributed by atoms with Crippen LogP contribution in [-0.4, -0.2) is 79.4 Å². The SMILES string of the molecule is COCCN(CCO)C(=O)C1CC(=O)N(CC(F)(F)F)C1. The lowest BCUT2D eigenvalue weighted by Gasteiger charge is -2.24. The molecule has 1 rings (SSSR count). The van der Waals surface area contributed by atoms with Gasteiger partial charge in [-0.25, -0.2) is 0 Å². The number of aliphatic hydroxyl groups is 1. The van der Waals surface area contributed by atoms with Gasteiger partial charge in [-0.05, 0) is 0 Å².